The number of hydrogen-bond acceptors (Lipinski definition) is 3. The quantitative estimate of drug-likeness (QED) is 0.473. The Morgan fingerprint density at radius 1 is 1.18 bits per heavy atom. The molecule has 1 saturated heterocycles. The van der Waals surface area contributed by atoms with Crippen molar-refractivity contribution in [1.82, 2.24) is 0 Å². The van der Waals surface area contributed by atoms with E-state index in [0.29, 0.717) is 23.2 Å². The third-order valence-electron chi connectivity index (χ3n) is 10.3. The van der Waals surface area contributed by atoms with Gasteiger partial charge in [0.25, 0.3) is 0 Å². The van der Waals surface area contributed by atoms with Crippen LogP contribution >= 0.6 is 0 Å². The van der Waals surface area contributed by atoms with Crippen molar-refractivity contribution in [3.8, 4) is 0 Å². The van der Waals surface area contributed by atoms with Gasteiger partial charge in [-0.2, -0.15) is 0 Å². The predicted molar refractivity (Wildman–Crippen MR) is 136 cm³/mol. The second kappa shape index (κ2) is 9.28. The Morgan fingerprint density at radius 2 is 1.91 bits per heavy atom. The van der Waals surface area contributed by atoms with E-state index in [1.165, 1.54) is 44.1 Å². The Bertz CT molecular complexity index is 796. The Morgan fingerprint density at radius 3 is 2.55 bits per heavy atom. The van der Waals surface area contributed by atoms with Gasteiger partial charge in [0.1, 0.15) is 0 Å². The molecule has 0 aromatic rings. The van der Waals surface area contributed by atoms with Crippen molar-refractivity contribution in [3.05, 3.63) is 35.5 Å². The molecule has 0 aromatic heterocycles. The van der Waals surface area contributed by atoms with Crippen molar-refractivity contribution >= 4 is 0 Å². The van der Waals surface area contributed by atoms with Crippen LogP contribution in [0.25, 0.3) is 0 Å². The Kier molecular flexibility index (Phi) is 7.09. The first kappa shape index (κ1) is 25.2. The summed E-state index contributed by atoms with van der Waals surface area (Å²) in [7, 11) is 0. The number of rotatable bonds is 6. The summed E-state index contributed by atoms with van der Waals surface area (Å²) in [6.45, 7) is 16.9. The summed E-state index contributed by atoms with van der Waals surface area (Å²) in [6.07, 6.45) is 14.9. The van der Waals surface area contributed by atoms with E-state index in [1.54, 1.807) is 5.57 Å². The molecule has 3 heteroatoms. The molecule has 3 nitrogen and oxygen atoms in total. The average Bonchev–Trinajstić information content (AvgIpc) is 3.08. The van der Waals surface area contributed by atoms with Crippen molar-refractivity contribution in [2.24, 2.45) is 34.5 Å². The number of fused-ring (bicyclic) bond motifs is 1. The lowest BCUT2D eigenvalue weighted by Gasteiger charge is -2.47. The molecular weight excluding hydrogens is 408 g/mol. The lowest BCUT2D eigenvalue weighted by molar-refractivity contribution is -0.133. The Labute approximate surface area is 202 Å². The normalized spacial score (nSPS) is 38.4. The van der Waals surface area contributed by atoms with Gasteiger partial charge in [-0.15, -0.1) is 0 Å². The fourth-order valence-corrected chi connectivity index (χ4v) is 7.60. The summed E-state index contributed by atoms with van der Waals surface area (Å²) in [4.78, 5) is 0. The highest BCUT2D eigenvalue weighted by Gasteiger charge is 2.50. The maximum Gasteiger partial charge on any atom is 0.0794 e. The number of aliphatic hydroxyl groups excluding tert-OH is 1. The van der Waals surface area contributed by atoms with E-state index in [-0.39, 0.29) is 5.41 Å². The van der Waals surface area contributed by atoms with E-state index in [1.807, 2.05) is 13.8 Å². The molecular formula is C30H48O3. The summed E-state index contributed by atoms with van der Waals surface area (Å²) in [5, 5.41) is 20.9. The van der Waals surface area contributed by atoms with Crippen molar-refractivity contribution in [1.29, 1.82) is 0 Å². The first-order chi connectivity index (χ1) is 15.5. The highest BCUT2D eigenvalue weighted by Crippen LogP contribution is 2.60. The number of aliphatic hydroxyl groups is 2. The van der Waals surface area contributed by atoms with Gasteiger partial charge in [-0.05, 0) is 105 Å². The summed E-state index contributed by atoms with van der Waals surface area (Å²) < 4.78 is 5.50. The monoisotopic (exact) mass is 456 g/mol. The molecule has 3 saturated carbocycles. The molecule has 0 unspecified atom stereocenters. The van der Waals surface area contributed by atoms with Crippen molar-refractivity contribution in [3.63, 3.8) is 0 Å². The zero-order valence-electron chi connectivity index (χ0n) is 21.8. The van der Waals surface area contributed by atoms with E-state index in [9.17, 15) is 10.2 Å². The van der Waals surface area contributed by atoms with Crippen LogP contribution in [-0.4, -0.2) is 35.1 Å². The van der Waals surface area contributed by atoms with Gasteiger partial charge in [-0.3, -0.25) is 0 Å². The van der Waals surface area contributed by atoms with Crippen LogP contribution in [0.15, 0.2) is 35.5 Å². The zero-order valence-corrected chi connectivity index (χ0v) is 21.8. The number of ether oxygens (including phenoxy) is 1. The van der Waals surface area contributed by atoms with Crippen LogP contribution in [0.3, 0.4) is 0 Å². The second-order valence-corrected chi connectivity index (χ2v) is 13.1. The van der Waals surface area contributed by atoms with Gasteiger partial charge >= 0.3 is 0 Å². The molecule has 33 heavy (non-hydrogen) atoms. The molecule has 4 rings (SSSR count). The maximum absolute atomic E-state index is 10.6. The molecule has 3 aliphatic carbocycles. The smallest absolute Gasteiger partial charge is 0.0794 e. The van der Waals surface area contributed by atoms with E-state index in [0.717, 1.165) is 44.0 Å². The molecule has 4 aliphatic rings. The molecule has 1 heterocycles. The Hall–Kier alpha value is -0.900. The van der Waals surface area contributed by atoms with Crippen molar-refractivity contribution in [2.75, 3.05) is 13.2 Å². The van der Waals surface area contributed by atoms with Gasteiger partial charge in [0.2, 0.25) is 0 Å². The first-order valence-electron chi connectivity index (χ1n) is 13.5. The first-order valence-corrected chi connectivity index (χ1v) is 13.5. The molecule has 1 aliphatic heterocycles. The lowest BCUT2D eigenvalue weighted by atomic mass is 9.60. The molecule has 1 spiro atoms. The second-order valence-electron chi connectivity index (χ2n) is 13.1. The van der Waals surface area contributed by atoms with Gasteiger partial charge in [0.15, 0.2) is 0 Å². The maximum atomic E-state index is 10.6. The third kappa shape index (κ3) is 4.93. The molecule has 2 N–H and O–H groups in total. The molecule has 186 valence electrons. The zero-order chi connectivity index (χ0) is 24.0. The van der Waals surface area contributed by atoms with E-state index in [4.69, 9.17) is 4.74 Å². The molecule has 0 radical (unpaired) electrons. The van der Waals surface area contributed by atoms with E-state index in [2.05, 4.69) is 39.5 Å². The molecule has 6 atom stereocenters. The standard InChI is InChI=1S/C30H48O3/c1-20(9-10-21(2)28(4,5)32)25-13-14-26-23(8-7-15-29(25,26)6)11-12-24-16-30(18-33-19-30)17-27(31)22(24)3/h11-12,20-21,25-27,31-32H,3,7-10,13-19H2,1-2,4-6H3/b23-11+,24-12-/t20-,21+,25-,26+,27-,29-/m1/s1. The van der Waals surface area contributed by atoms with Crippen LogP contribution in [-0.2, 0) is 4.74 Å². The number of hydrogen-bond donors (Lipinski definition) is 2. The van der Waals surface area contributed by atoms with Crippen molar-refractivity contribution in [2.45, 2.75) is 104 Å². The van der Waals surface area contributed by atoms with Crippen LogP contribution in [0.2, 0.25) is 0 Å². The molecule has 0 amide bonds. The van der Waals surface area contributed by atoms with E-state index >= 15 is 0 Å². The minimum atomic E-state index is -0.586. The largest absolute Gasteiger partial charge is 0.390 e. The lowest BCUT2D eigenvalue weighted by Crippen LogP contribution is -2.48. The van der Waals surface area contributed by atoms with Gasteiger partial charge in [0, 0.05) is 5.41 Å². The van der Waals surface area contributed by atoms with Crippen LogP contribution < -0.4 is 0 Å². The Balaban J connectivity index is 1.46. The SMILES string of the molecule is C=C1/C(=C\C=C2/CCC[C@]3(C)[C@@H]([C@H](C)CC[C@H](C)C(C)(C)O)CC[C@@H]23)CC2(COC2)C[C@H]1O. The highest BCUT2D eigenvalue weighted by atomic mass is 16.5. The minimum Gasteiger partial charge on any atom is -0.390 e. The summed E-state index contributed by atoms with van der Waals surface area (Å²) in [5.74, 6) is 2.50. The molecule has 0 bridgehead atoms. The summed E-state index contributed by atoms with van der Waals surface area (Å²) in [5.41, 5.74) is 3.73. The van der Waals surface area contributed by atoms with Gasteiger partial charge in [-0.25, -0.2) is 0 Å². The van der Waals surface area contributed by atoms with Crippen LogP contribution in [0.5, 0.6) is 0 Å². The van der Waals surface area contributed by atoms with Gasteiger partial charge < -0.3 is 14.9 Å². The minimum absolute atomic E-state index is 0.139. The highest BCUT2D eigenvalue weighted by molar-refractivity contribution is 5.40. The number of allylic oxidation sites excluding steroid dienone is 3. The van der Waals surface area contributed by atoms with Crippen molar-refractivity contribution < 1.29 is 14.9 Å². The third-order valence-corrected chi connectivity index (χ3v) is 10.3. The van der Waals surface area contributed by atoms with E-state index < -0.39 is 11.7 Å². The summed E-state index contributed by atoms with van der Waals surface area (Å²) >= 11 is 0. The van der Waals surface area contributed by atoms with Gasteiger partial charge in [-0.1, -0.05) is 51.5 Å². The van der Waals surface area contributed by atoms with Gasteiger partial charge in [0.05, 0.1) is 24.9 Å². The topological polar surface area (TPSA) is 49.7 Å². The fraction of sp³-hybridized carbons (Fsp3) is 0.800. The van der Waals surface area contributed by atoms with Crippen LogP contribution in [0, 0.1) is 34.5 Å². The fourth-order valence-electron chi connectivity index (χ4n) is 7.60. The predicted octanol–water partition coefficient (Wildman–Crippen LogP) is 6.61. The van der Waals surface area contributed by atoms with Crippen LogP contribution in [0.4, 0.5) is 0 Å². The average molecular weight is 457 g/mol. The molecule has 4 fully saturated rings. The molecule has 0 aromatic carbocycles. The van der Waals surface area contributed by atoms with Crippen LogP contribution in [0.1, 0.15) is 92.4 Å². The summed E-state index contributed by atoms with van der Waals surface area (Å²) in [6, 6.07) is 0.